The van der Waals surface area contributed by atoms with E-state index in [1.54, 1.807) is 16.7 Å². The molecule has 0 spiro atoms. The SMILES string of the molecule is Cc1cc2c3c(c1)CC1=C4C3C3=C(C2)c2ccccc2C3c2nccnc2C4c2ccccc21. The molecule has 0 N–H and O–H groups in total. The second-order valence-corrected chi connectivity index (χ2v) is 10.5. The summed E-state index contributed by atoms with van der Waals surface area (Å²) in [5.74, 6) is 0.725. The quantitative estimate of drug-likeness (QED) is 0.316. The van der Waals surface area contributed by atoms with E-state index in [-0.39, 0.29) is 11.8 Å². The van der Waals surface area contributed by atoms with Gasteiger partial charge in [0.25, 0.3) is 0 Å². The molecule has 3 aromatic carbocycles. The molecule has 0 saturated heterocycles. The Hall–Kier alpha value is -3.78. The number of aromatic nitrogens is 2. The first-order valence-corrected chi connectivity index (χ1v) is 12.4. The van der Waals surface area contributed by atoms with Crippen molar-refractivity contribution in [3.05, 3.63) is 140 Å². The Balaban J connectivity index is 1.49. The zero-order chi connectivity index (χ0) is 22.1. The highest BCUT2D eigenvalue weighted by atomic mass is 14.8. The molecular weight excluding hydrogens is 412 g/mol. The number of benzene rings is 3. The number of nitrogens with zero attached hydrogens (tertiary/aromatic N) is 2. The van der Waals surface area contributed by atoms with Crippen LogP contribution in [0.15, 0.2) is 84.2 Å². The van der Waals surface area contributed by atoms with Gasteiger partial charge in [0.15, 0.2) is 0 Å². The van der Waals surface area contributed by atoms with Gasteiger partial charge < -0.3 is 0 Å². The standard InChI is InChI=1S/C32H22N2/c1-16-12-17-14-23-19-6-2-4-8-21(19)28-26(23)30-25(17)18(13-16)15-24-20-7-3-5-9-22(20)29(27(24)30)32-31(28)33-10-11-34-32/h2-13,28-30H,14-15H2,1H3. The topological polar surface area (TPSA) is 25.8 Å². The van der Waals surface area contributed by atoms with E-state index >= 15 is 0 Å². The smallest absolute Gasteiger partial charge is 0.0744 e. The second-order valence-electron chi connectivity index (χ2n) is 10.5. The molecule has 0 saturated carbocycles. The third-order valence-electron chi connectivity index (χ3n) is 8.96. The first kappa shape index (κ1) is 17.7. The van der Waals surface area contributed by atoms with Gasteiger partial charge in [-0.15, -0.1) is 0 Å². The molecule has 1 aromatic heterocycles. The summed E-state index contributed by atoms with van der Waals surface area (Å²) in [6.07, 6.45) is 5.85. The number of rotatable bonds is 0. The van der Waals surface area contributed by atoms with Crippen LogP contribution < -0.4 is 0 Å². The van der Waals surface area contributed by atoms with E-state index in [0.717, 1.165) is 12.8 Å². The van der Waals surface area contributed by atoms with Crippen LogP contribution in [0.1, 0.15) is 73.6 Å². The molecule has 0 radical (unpaired) electrons. The first-order valence-electron chi connectivity index (χ1n) is 12.4. The normalized spacial score (nSPS) is 23.9. The Kier molecular flexibility index (Phi) is 3.02. The molecule has 2 heteroatoms. The molecule has 5 aliphatic rings. The van der Waals surface area contributed by atoms with Gasteiger partial charge in [-0.25, -0.2) is 0 Å². The molecule has 0 amide bonds. The minimum atomic E-state index is 0.201. The lowest BCUT2D eigenvalue weighted by atomic mass is 9.65. The lowest BCUT2D eigenvalue weighted by Gasteiger charge is -2.37. The molecule has 34 heavy (non-hydrogen) atoms. The maximum absolute atomic E-state index is 5.07. The van der Waals surface area contributed by atoms with E-state index in [9.17, 15) is 0 Å². The van der Waals surface area contributed by atoms with E-state index in [1.807, 2.05) is 12.4 Å². The molecule has 2 atom stereocenters. The van der Waals surface area contributed by atoms with Crippen molar-refractivity contribution in [3.8, 4) is 0 Å². The van der Waals surface area contributed by atoms with Crippen LogP contribution in [0.4, 0.5) is 0 Å². The maximum Gasteiger partial charge on any atom is 0.0744 e. The predicted molar refractivity (Wildman–Crippen MR) is 134 cm³/mol. The molecule has 5 aliphatic carbocycles. The van der Waals surface area contributed by atoms with Crippen LogP contribution in [0.5, 0.6) is 0 Å². The Morgan fingerprint density at radius 1 is 0.647 bits per heavy atom. The number of hydrogen-bond donors (Lipinski definition) is 0. The van der Waals surface area contributed by atoms with Gasteiger partial charge in [0.1, 0.15) is 0 Å². The van der Waals surface area contributed by atoms with Crippen molar-refractivity contribution in [2.45, 2.75) is 37.5 Å². The van der Waals surface area contributed by atoms with Gasteiger partial charge in [0.05, 0.1) is 23.2 Å². The zero-order valence-electron chi connectivity index (χ0n) is 19.0. The molecule has 160 valence electrons. The van der Waals surface area contributed by atoms with Crippen LogP contribution in [0, 0.1) is 6.92 Å². The Labute approximate surface area is 198 Å². The van der Waals surface area contributed by atoms with E-state index in [2.05, 4.69) is 67.6 Å². The first-order chi connectivity index (χ1) is 16.8. The lowest BCUT2D eigenvalue weighted by molar-refractivity contribution is 0.767. The van der Waals surface area contributed by atoms with Crippen LogP contribution in [0.25, 0.3) is 11.1 Å². The van der Waals surface area contributed by atoms with Crippen molar-refractivity contribution in [2.24, 2.45) is 0 Å². The van der Waals surface area contributed by atoms with E-state index in [1.165, 1.54) is 61.5 Å². The summed E-state index contributed by atoms with van der Waals surface area (Å²) in [4.78, 5) is 10.1. The highest BCUT2D eigenvalue weighted by molar-refractivity contribution is 5.93. The summed E-state index contributed by atoms with van der Waals surface area (Å²) in [6, 6.07) is 23.0. The highest BCUT2D eigenvalue weighted by Crippen LogP contribution is 2.66. The second kappa shape index (κ2) is 5.82. The third-order valence-corrected chi connectivity index (χ3v) is 8.96. The Morgan fingerprint density at radius 2 is 1.15 bits per heavy atom. The van der Waals surface area contributed by atoms with Gasteiger partial charge in [-0.1, -0.05) is 66.2 Å². The predicted octanol–water partition coefficient (Wildman–Crippen LogP) is 6.49. The van der Waals surface area contributed by atoms with Crippen molar-refractivity contribution in [3.63, 3.8) is 0 Å². The summed E-state index contributed by atoms with van der Waals surface area (Å²) in [5.41, 5.74) is 20.3. The average Bonchev–Trinajstić information content (AvgIpc) is 3.32. The van der Waals surface area contributed by atoms with Crippen molar-refractivity contribution >= 4 is 11.1 Å². The van der Waals surface area contributed by atoms with Crippen LogP contribution >= 0.6 is 0 Å². The fourth-order valence-corrected chi connectivity index (χ4v) is 7.99. The minimum absolute atomic E-state index is 0.201. The average molecular weight is 435 g/mol. The molecule has 0 bridgehead atoms. The molecule has 0 aliphatic heterocycles. The molecule has 2 nitrogen and oxygen atoms in total. The van der Waals surface area contributed by atoms with Crippen LogP contribution in [-0.2, 0) is 12.8 Å². The largest absolute Gasteiger partial charge is 0.257 e. The minimum Gasteiger partial charge on any atom is -0.257 e. The third kappa shape index (κ3) is 1.89. The van der Waals surface area contributed by atoms with Crippen LogP contribution in [0.3, 0.4) is 0 Å². The lowest BCUT2D eigenvalue weighted by Crippen LogP contribution is -2.23. The van der Waals surface area contributed by atoms with Gasteiger partial charge in [-0.2, -0.15) is 0 Å². The number of aryl methyl sites for hydroxylation is 1. The molecule has 4 aromatic rings. The summed E-state index contributed by atoms with van der Waals surface area (Å²) < 4.78 is 0. The van der Waals surface area contributed by atoms with Gasteiger partial charge >= 0.3 is 0 Å². The maximum atomic E-state index is 5.07. The summed E-state index contributed by atoms with van der Waals surface area (Å²) in [6.45, 7) is 2.26. The summed E-state index contributed by atoms with van der Waals surface area (Å²) >= 11 is 0. The van der Waals surface area contributed by atoms with E-state index in [0.29, 0.717) is 5.92 Å². The molecule has 9 rings (SSSR count). The van der Waals surface area contributed by atoms with Gasteiger partial charge in [-0.05, 0) is 81.0 Å². The van der Waals surface area contributed by atoms with Crippen molar-refractivity contribution in [1.29, 1.82) is 0 Å². The zero-order valence-corrected chi connectivity index (χ0v) is 19.0. The van der Waals surface area contributed by atoms with Crippen molar-refractivity contribution < 1.29 is 0 Å². The van der Waals surface area contributed by atoms with Gasteiger partial charge in [-0.3, -0.25) is 9.97 Å². The van der Waals surface area contributed by atoms with E-state index in [4.69, 9.17) is 9.97 Å². The number of hydrogen-bond acceptors (Lipinski definition) is 2. The van der Waals surface area contributed by atoms with Crippen molar-refractivity contribution in [1.82, 2.24) is 9.97 Å². The van der Waals surface area contributed by atoms with Crippen LogP contribution in [0.2, 0.25) is 0 Å². The number of allylic oxidation sites excluding steroid dienone is 4. The van der Waals surface area contributed by atoms with Gasteiger partial charge in [0, 0.05) is 18.3 Å². The fourth-order valence-electron chi connectivity index (χ4n) is 7.99. The monoisotopic (exact) mass is 434 g/mol. The highest BCUT2D eigenvalue weighted by Gasteiger charge is 2.52. The summed E-state index contributed by atoms with van der Waals surface area (Å²) in [7, 11) is 0. The fraction of sp³-hybridized carbons (Fsp3) is 0.188. The van der Waals surface area contributed by atoms with Crippen molar-refractivity contribution in [2.75, 3.05) is 0 Å². The molecular formula is C32H22N2. The molecule has 1 heterocycles. The molecule has 0 fully saturated rings. The van der Waals surface area contributed by atoms with Gasteiger partial charge in [0.2, 0.25) is 0 Å². The molecule has 2 unspecified atom stereocenters. The van der Waals surface area contributed by atoms with Crippen LogP contribution in [-0.4, -0.2) is 9.97 Å². The Bertz CT molecular complexity index is 1570. The van der Waals surface area contributed by atoms with E-state index < -0.39 is 0 Å². The summed E-state index contributed by atoms with van der Waals surface area (Å²) in [5, 5.41) is 0. The number of fused-ring (bicyclic) bond motifs is 9. The Morgan fingerprint density at radius 3 is 1.68 bits per heavy atom.